The first-order chi connectivity index (χ1) is 8.90. The number of hydrogen-bond acceptors (Lipinski definition) is 0. The summed E-state index contributed by atoms with van der Waals surface area (Å²) in [5, 5.41) is 0. The summed E-state index contributed by atoms with van der Waals surface area (Å²) in [7, 11) is 0. The van der Waals surface area contributed by atoms with Crippen LogP contribution in [0.25, 0.3) is 0 Å². The Balaban J connectivity index is -0.000000271. The molecule has 0 aromatic heterocycles. The van der Waals surface area contributed by atoms with Gasteiger partial charge < -0.3 is 0 Å². The second kappa shape index (κ2) is 17.2. The standard InChI is InChI=1S/C11H20.C6H12.C2H6/c1-6-8-10(4)11(5)9(3)7-2;1-4-5-6(2)3;1-2/h8H,6-7H2,1-5H3;4,6H,1,5H2,2-3H3;1-2H3/b10-8-,11-9-;;. The summed E-state index contributed by atoms with van der Waals surface area (Å²) < 4.78 is 0. The Bertz CT molecular complexity index is 251. The Labute approximate surface area is 123 Å². The molecular weight excluding hydrogens is 228 g/mol. The summed E-state index contributed by atoms with van der Waals surface area (Å²) in [6, 6.07) is 0. The lowest BCUT2D eigenvalue weighted by molar-refractivity contribution is 0.664. The van der Waals surface area contributed by atoms with Crippen LogP contribution in [0.15, 0.2) is 35.5 Å². The van der Waals surface area contributed by atoms with Gasteiger partial charge in [-0.3, -0.25) is 0 Å². The van der Waals surface area contributed by atoms with Gasteiger partial charge in [0.2, 0.25) is 0 Å². The van der Waals surface area contributed by atoms with Gasteiger partial charge in [-0.2, -0.15) is 0 Å². The number of allylic oxidation sites excluding steroid dienone is 5. The average molecular weight is 267 g/mol. The molecule has 0 amide bonds. The summed E-state index contributed by atoms with van der Waals surface area (Å²) >= 11 is 0. The predicted molar refractivity (Wildman–Crippen MR) is 93.7 cm³/mol. The highest BCUT2D eigenvalue weighted by Gasteiger charge is 1.95. The smallest absolute Gasteiger partial charge is 0.0330 e. The molecule has 0 rings (SSSR count). The molecule has 0 aliphatic heterocycles. The van der Waals surface area contributed by atoms with E-state index in [2.05, 4.69) is 61.1 Å². The van der Waals surface area contributed by atoms with Crippen molar-refractivity contribution < 1.29 is 0 Å². The summed E-state index contributed by atoms with van der Waals surface area (Å²) in [4.78, 5) is 0. The van der Waals surface area contributed by atoms with Crippen LogP contribution in [-0.2, 0) is 0 Å². The van der Waals surface area contributed by atoms with E-state index in [9.17, 15) is 0 Å². The third-order valence-corrected chi connectivity index (χ3v) is 2.91. The highest BCUT2D eigenvalue weighted by atomic mass is 14.0. The number of hydrogen-bond donors (Lipinski definition) is 0. The van der Waals surface area contributed by atoms with E-state index in [-0.39, 0.29) is 0 Å². The lowest BCUT2D eigenvalue weighted by atomic mass is 10.0. The summed E-state index contributed by atoms with van der Waals surface area (Å²) in [5.74, 6) is 0.780. The van der Waals surface area contributed by atoms with Crippen molar-refractivity contribution in [2.75, 3.05) is 0 Å². The molecule has 0 aliphatic carbocycles. The van der Waals surface area contributed by atoms with Gasteiger partial charge in [0.15, 0.2) is 0 Å². The minimum Gasteiger partial charge on any atom is -0.103 e. The molecule has 0 heterocycles. The van der Waals surface area contributed by atoms with Crippen LogP contribution in [0, 0.1) is 5.92 Å². The second-order valence-corrected chi connectivity index (χ2v) is 4.97. The minimum absolute atomic E-state index is 0.780. The highest BCUT2D eigenvalue weighted by molar-refractivity contribution is 5.30. The first kappa shape index (κ1) is 23.3. The Morgan fingerprint density at radius 3 is 1.74 bits per heavy atom. The zero-order chi connectivity index (χ0) is 15.8. The van der Waals surface area contributed by atoms with Crippen molar-refractivity contribution >= 4 is 0 Å². The summed E-state index contributed by atoms with van der Waals surface area (Å²) in [6.45, 7) is 23.0. The largest absolute Gasteiger partial charge is 0.103 e. The third kappa shape index (κ3) is 17.2. The molecule has 0 heteroatoms. The molecule has 0 saturated heterocycles. The zero-order valence-electron chi connectivity index (χ0n) is 15.1. The Morgan fingerprint density at radius 1 is 1.05 bits per heavy atom. The van der Waals surface area contributed by atoms with Crippen molar-refractivity contribution in [3.8, 4) is 0 Å². The fourth-order valence-electron chi connectivity index (χ4n) is 1.39. The monoisotopic (exact) mass is 266 g/mol. The molecule has 0 aliphatic rings. The topological polar surface area (TPSA) is 0 Å². The molecule has 0 N–H and O–H groups in total. The third-order valence-electron chi connectivity index (χ3n) is 2.91. The van der Waals surface area contributed by atoms with Gasteiger partial charge in [0.25, 0.3) is 0 Å². The quantitative estimate of drug-likeness (QED) is 0.361. The van der Waals surface area contributed by atoms with Gasteiger partial charge >= 0.3 is 0 Å². The van der Waals surface area contributed by atoms with Gasteiger partial charge in [0.05, 0.1) is 0 Å². The van der Waals surface area contributed by atoms with Gasteiger partial charge in [-0.05, 0) is 51.5 Å². The van der Waals surface area contributed by atoms with Crippen molar-refractivity contribution in [2.24, 2.45) is 5.92 Å². The van der Waals surface area contributed by atoms with Crippen molar-refractivity contribution in [2.45, 2.75) is 81.6 Å². The fourth-order valence-corrected chi connectivity index (χ4v) is 1.39. The second-order valence-electron chi connectivity index (χ2n) is 4.97. The van der Waals surface area contributed by atoms with E-state index in [1.54, 1.807) is 0 Å². The van der Waals surface area contributed by atoms with Crippen LogP contribution in [0.4, 0.5) is 0 Å². The van der Waals surface area contributed by atoms with Crippen molar-refractivity contribution in [3.05, 3.63) is 35.5 Å². The lowest BCUT2D eigenvalue weighted by Gasteiger charge is -2.05. The summed E-state index contributed by atoms with van der Waals surface area (Å²) in [5.41, 5.74) is 4.41. The van der Waals surface area contributed by atoms with Gasteiger partial charge in [-0.15, -0.1) is 6.58 Å². The molecule has 0 saturated carbocycles. The Kier molecular flexibility index (Phi) is 21.1. The van der Waals surface area contributed by atoms with Crippen LogP contribution in [-0.4, -0.2) is 0 Å². The maximum atomic E-state index is 3.60. The van der Waals surface area contributed by atoms with E-state index in [1.807, 2.05) is 19.9 Å². The molecule has 0 aromatic carbocycles. The van der Waals surface area contributed by atoms with Crippen LogP contribution in [0.2, 0.25) is 0 Å². The van der Waals surface area contributed by atoms with Crippen LogP contribution in [0.3, 0.4) is 0 Å². The lowest BCUT2D eigenvalue weighted by Crippen LogP contribution is -1.84. The molecule has 0 aromatic rings. The Hall–Kier alpha value is -0.780. The van der Waals surface area contributed by atoms with Crippen molar-refractivity contribution in [3.63, 3.8) is 0 Å². The average Bonchev–Trinajstić information content (AvgIpc) is 2.40. The van der Waals surface area contributed by atoms with Crippen molar-refractivity contribution in [1.82, 2.24) is 0 Å². The van der Waals surface area contributed by atoms with Crippen LogP contribution in [0.1, 0.15) is 81.6 Å². The van der Waals surface area contributed by atoms with Crippen LogP contribution in [0.5, 0.6) is 0 Å². The van der Waals surface area contributed by atoms with Gasteiger partial charge in [0.1, 0.15) is 0 Å². The first-order valence-corrected chi connectivity index (χ1v) is 7.84. The van der Waals surface area contributed by atoms with E-state index in [4.69, 9.17) is 0 Å². The Morgan fingerprint density at radius 2 is 1.53 bits per heavy atom. The maximum absolute atomic E-state index is 3.60. The highest BCUT2D eigenvalue weighted by Crippen LogP contribution is 2.16. The van der Waals surface area contributed by atoms with Crippen molar-refractivity contribution in [1.29, 1.82) is 0 Å². The molecule has 0 spiro atoms. The van der Waals surface area contributed by atoms with Crippen LogP contribution < -0.4 is 0 Å². The van der Waals surface area contributed by atoms with Gasteiger partial charge in [0, 0.05) is 0 Å². The molecule has 0 nitrogen and oxygen atoms in total. The summed E-state index contributed by atoms with van der Waals surface area (Å²) in [6.07, 6.45) is 7.68. The molecule has 0 fully saturated rings. The van der Waals surface area contributed by atoms with Crippen LogP contribution >= 0.6 is 0 Å². The van der Waals surface area contributed by atoms with Gasteiger partial charge in [-0.25, -0.2) is 0 Å². The fraction of sp³-hybridized carbons (Fsp3) is 0.684. The SMILES string of the molecule is C=CCC(C)C.CC.CC/C=C(C)\C(C)=C(\C)CC. The van der Waals surface area contributed by atoms with E-state index in [0.29, 0.717) is 0 Å². The molecule has 0 radical (unpaired) electrons. The van der Waals surface area contributed by atoms with E-state index >= 15 is 0 Å². The molecule has 114 valence electrons. The maximum Gasteiger partial charge on any atom is -0.0330 e. The normalized spacial score (nSPS) is 11.8. The van der Waals surface area contributed by atoms with E-state index in [1.165, 1.54) is 23.1 Å². The molecule has 0 unspecified atom stereocenters. The molecular formula is C19H38. The van der Waals surface area contributed by atoms with E-state index < -0.39 is 0 Å². The minimum atomic E-state index is 0.780. The van der Waals surface area contributed by atoms with Gasteiger partial charge in [-0.1, -0.05) is 64.8 Å². The molecule has 19 heavy (non-hydrogen) atoms. The van der Waals surface area contributed by atoms with E-state index in [0.717, 1.165) is 18.8 Å². The number of rotatable bonds is 5. The molecule has 0 bridgehead atoms. The zero-order valence-corrected chi connectivity index (χ0v) is 15.1. The predicted octanol–water partition coefficient (Wildman–Crippen LogP) is 7.33. The molecule has 0 atom stereocenters. The first-order valence-electron chi connectivity index (χ1n) is 7.84.